The van der Waals surface area contributed by atoms with Gasteiger partial charge in [-0.2, -0.15) is 0 Å². The predicted octanol–water partition coefficient (Wildman–Crippen LogP) is 3.51. The third kappa shape index (κ3) is 3.47. The normalized spacial score (nSPS) is 16.0. The number of ether oxygens (including phenoxy) is 1. The summed E-state index contributed by atoms with van der Waals surface area (Å²) in [4.78, 5) is 0.0787. The van der Waals surface area contributed by atoms with Crippen molar-refractivity contribution in [2.75, 3.05) is 20.7 Å². The van der Waals surface area contributed by atoms with Gasteiger partial charge in [-0.1, -0.05) is 18.0 Å². The van der Waals surface area contributed by atoms with Crippen molar-refractivity contribution < 1.29 is 13.2 Å². The van der Waals surface area contributed by atoms with Crippen LogP contribution in [0.1, 0.15) is 24.8 Å². The minimum Gasteiger partial charge on any atom is -0.495 e. The van der Waals surface area contributed by atoms with E-state index in [-0.39, 0.29) is 16.5 Å². The zero-order chi connectivity index (χ0) is 15.6. The van der Waals surface area contributed by atoms with Crippen LogP contribution in [0.5, 0.6) is 5.75 Å². The summed E-state index contributed by atoms with van der Waals surface area (Å²) < 4.78 is 32.1. The van der Waals surface area contributed by atoms with E-state index < -0.39 is 10.0 Å². The fourth-order valence-corrected chi connectivity index (χ4v) is 4.42. The lowest BCUT2D eigenvalue weighted by Gasteiger charge is -2.30. The molecule has 0 heterocycles. The minimum absolute atomic E-state index is 0.0787. The molecule has 0 spiro atoms. The summed E-state index contributed by atoms with van der Waals surface area (Å²) in [7, 11) is -0.616. The third-order valence-electron chi connectivity index (χ3n) is 3.87. The second-order valence-electron chi connectivity index (χ2n) is 5.31. The van der Waals surface area contributed by atoms with Gasteiger partial charge in [-0.15, -0.1) is 11.6 Å². The molecule has 1 aliphatic carbocycles. The van der Waals surface area contributed by atoms with E-state index in [0.717, 1.165) is 12.8 Å². The summed E-state index contributed by atoms with van der Waals surface area (Å²) in [6.45, 7) is 0.522. The van der Waals surface area contributed by atoms with E-state index in [4.69, 9.17) is 27.9 Å². The zero-order valence-corrected chi connectivity index (χ0v) is 14.4. The molecular weight excluding hydrogens is 333 g/mol. The maximum atomic E-state index is 12.8. The van der Waals surface area contributed by atoms with Crippen LogP contribution in [0.4, 0.5) is 0 Å². The SMILES string of the molecule is COc1c(CCl)cc(Cl)cc1S(=O)(=O)N(C)CC1CCC1. The van der Waals surface area contributed by atoms with Crippen molar-refractivity contribution >= 4 is 33.2 Å². The van der Waals surface area contributed by atoms with Gasteiger partial charge in [-0.25, -0.2) is 12.7 Å². The van der Waals surface area contributed by atoms with E-state index in [1.54, 1.807) is 13.1 Å². The van der Waals surface area contributed by atoms with Crippen LogP contribution in [0, 0.1) is 5.92 Å². The van der Waals surface area contributed by atoms with Gasteiger partial charge in [0.25, 0.3) is 0 Å². The standard InChI is InChI=1S/C14H19Cl2NO3S/c1-17(9-10-4-3-5-10)21(18,19)13-7-12(16)6-11(8-15)14(13)20-2/h6-7,10H,3-5,8-9H2,1-2H3. The molecule has 0 aliphatic heterocycles. The van der Waals surface area contributed by atoms with Crippen molar-refractivity contribution in [3.63, 3.8) is 0 Å². The highest BCUT2D eigenvalue weighted by Crippen LogP contribution is 2.35. The molecule has 0 N–H and O–H groups in total. The average Bonchev–Trinajstić information content (AvgIpc) is 2.41. The fraction of sp³-hybridized carbons (Fsp3) is 0.571. The number of hydrogen-bond acceptors (Lipinski definition) is 3. The van der Waals surface area contributed by atoms with Gasteiger partial charge < -0.3 is 4.74 Å². The Hall–Kier alpha value is -0.490. The molecule has 0 bridgehead atoms. The number of rotatable bonds is 6. The van der Waals surface area contributed by atoms with Crippen molar-refractivity contribution in [3.8, 4) is 5.75 Å². The molecule has 1 saturated carbocycles. The quantitative estimate of drug-likeness (QED) is 0.736. The van der Waals surface area contributed by atoms with Gasteiger partial charge in [-0.05, 0) is 30.9 Å². The molecule has 0 saturated heterocycles. The van der Waals surface area contributed by atoms with E-state index >= 15 is 0 Å². The molecule has 118 valence electrons. The first-order valence-corrected chi connectivity index (χ1v) is 9.14. The van der Waals surface area contributed by atoms with Gasteiger partial charge in [0.05, 0.1) is 13.0 Å². The summed E-state index contributed by atoms with van der Waals surface area (Å²) in [5, 5.41) is 0.335. The highest BCUT2D eigenvalue weighted by molar-refractivity contribution is 7.89. The fourth-order valence-electron chi connectivity index (χ4n) is 2.45. The Balaban J connectivity index is 2.40. The van der Waals surface area contributed by atoms with Crippen molar-refractivity contribution in [3.05, 3.63) is 22.7 Å². The zero-order valence-electron chi connectivity index (χ0n) is 12.1. The number of halogens is 2. The number of sulfonamides is 1. The lowest BCUT2D eigenvalue weighted by molar-refractivity contribution is 0.262. The predicted molar refractivity (Wildman–Crippen MR) is 84.7 cm³/mol. The minimum atomic E-state index is -3.64. The van der Waals surface area contributed by atoms with E-state index in [1.165, 1.54) is 23.9 Å². The number of methoxy groups -OCH3 is 1. The Morgan fingerprint density at radius 3 is 2.52 bits per heavy atom. The van der Waals surface area contributed by atoms with Crippen molar-refractivity contribution in [2.45, 2.75) is 30.0 Å². The first-order chi connectivity index (χ1) is 9.90. The van der Waals surface area contributed by atoms with Crippen molar-refractivity contribution in [1.82, 2.24) is 4.31 Å². The topological polar surface area (TPSA) is 46.6 Å². The molecule has 21 heavy (non-hydrogen) atoms. The lowest BCUT2D eigenvalue weighted by Crippen LogP contribution is -2.34. The maximum absolute atomic E-state index is 12.8. The molecule has 0 aromatic heterocycles. The Kier molecular flexibility index (Phi) is 5.41. The van der Waals surface area contributed by atoms with Crippen LogP contribution in [0.3, 0.4) is 0 Å². The van der Waals surface area contributed by atoms with Crippen LogP contribution in [0.15, 0.2) is 17.0 Å². The van der Waals surface area contributed by atoms with E-state index in [2.05, 4.69) is 0 Å². The molecule has 4 nitrogen and oxygen atoms in total. The molecule has 1 fully saturated rings. The summed E-state index contributed by atoms with van der Waals surface area (Å²) in [5.41, 5.74) is 0.572. The summed E-state index contributed by atoms with van der Waals surface area (Å²) >= 11 is 11.9. The van der Waals surface area contributed by atoms with E-state index in [9.17, 15) is 8.42 Å². The largest absolute Gasteiger partial charge is 0.495 e. The molecule has 0 radical (unpaired) electrons. The molecule has 1 aliphatic rings. The van der Waals surface area contributed by atoms with Crippen molar-refractivity contribution in [1.29, 1.82) is 0 Å². The Bertz CT molecular complexity index is 615. The van der Waals surface area contributed by atoms with E-state index in [1.807, 2.05) is 0 Å². The lowest BCUT2D eigenvalue weighted by atomic mass is 9.86. The summed E-state index contributed by atoms with van der Waals surface area (Å²) in [6, 6.07) is 3.04. The van der Waals surface area contributed by atoms with Crippen molar-refractivity contribution in [2.24, 2.45) is 5.92 Å². The number of nitrogens with zero attached hydrogens (tertiary/aromatic N) is 1. The van der Waals surface area contributed by atoms with Crippen LogP contribution in [0.2, 0.25) is 5.02 Å². The molecule has 0 atom stereocenters. The third-order valence-corrected chi connectivity index (χ3v) is 6.21. The van der Waals surface area contributed by atoms with Gasteiger partial charge in [0.1, 0.15) is 10.6 Å². The number of alkyl halides is 1. The molecule has 7 heteroatoms. The van der Waals surface area contributed by atoms with Crippen LogP contribution < -0.4 is 4.74 Å². The average molecular weight is 352 g/mol. The monoisotopic (exact) mass is 351 g/mol. The second kappa shape index (κ2) is 6.73. The first kappa shape index (κ1) is 16.9. The van der Waals surface area contributed by atoms with Gasteiger partial charge in [0.2, 0.25) is 10.0 Å². The molecular formula is C14H19Cl2NO3S. The molecule has 2 rings (SSSR count). The molecule has 1 aromatic carbocycles. The summed E-state index contributed by atoms with van der Waals surface area (Å²) in [5.74, 6) is 0.857. The van der Waals surface area contributed by atoms with Crippen LogP contribution in [-0.2, 0) is 15.9 Å². The van der Waals surface area contributed by atoms with E-state index in [0.29, 0.717) is 23.0 Å². The Labute approximate surface area is 136 Å². The smallest absolute Gasteiger partial charge is 0.246 e. The number of hydrogen-bond donors (Lipinski definition) is 0. The molecule has 0 amide bonds. The molecule has 0 unspecified atom stereocenters. The number of benzene rings is 1. The van der Waals surface area contributed by atoms with Gasteiger partial charge in [0, 0.05) is 24.2 Å². The van der Waals surface area contributed by atoms with Crippen LogP contribution >= 0.6 is 23.2 Å². The Morgan fingerprint density at radius 1 is 1.38 bits per heavy atom. The Morgan fingerprint density at radius 2 is 2.05 bits per heavy atom. The summed E-state index contributed by atoms with van der Waals surface area (Å²) in [6.07, 6.45) is 3.34. The van der Waals surface area contributed by atoms with Gasteiger partial charge in [-0.3, -0.25) is 0 Å². The van der Waals surface area contributed by atoms with Crippen LogP contribution in [0.25, 0.3) is 0 Å². The van der Waals surface area contributed by atoms with Crippen LogP contribution in [-0.4, -0.2) is 33.4 Å². The van der Waals surface area contributed by atoms with Gasteiger partial charge in [0.15, 0.2) is 0 Å². The molecule has 1 aromatic rings. The highest BCUT2D eigenvalue weighted by atomic mass is 35.5. The van der Waals surface area contributed by atoms with Gasteiger partial charge >= 0.3 is 0 Å². The highest BCUT2D eigenvalue weighted by Gasteiger charge is 2.30. The first-order valence-electron chi connectivity index (χ1n) is 6.79. The second-order valence-corrected chi connectivity index (χ2v) is 8.03. The maximum Gasteiger partial charge on any atom is 0.246 e.